The Kier molecular flexibility index (Phi) is 16.1. The lowest BCUT2D eigenvalue weighted by atomic mass is 9.87. The first-order valence-electron chi connectivity index (χ1n) is 22.7. The summed E-state index contributed by atoms with van der Waals surface area (Å²) in [7, 11) is -0.240. The molecule has 6 aromatic carbocycles. The van der Waals surface area contributed by atoms with Crippen molar-refractivity contribution in [3.05, 3.63) is 179 Å². The molecule has 0 bridgehead atoms. The van der Waals surface area contributed by atoms with E-state index in [1.165, 1.54) is 62.8 Å². The molecule has 0 N–H and O–H groups in total. The molecule has 6 aromatic rings. The van der Waals surface area contributed by atoms with Crippen LogP contribution in [0.5, 0.6) is 0 Å². The third kappa shape index (κ3) is 13.5. The molecule has 0 fully saturated rings. The number of benzene rings is 6. The fourth-order valence-electron chi connectivity index (χ4n) is 7.36. The summed E-state index contributed by atoms with van der Waals surface area (Å²) in [6, 6.07) is 55.7. The molecule has 0 aliphatic rings. The zero-order valence-electron chi connectivity index (χ0n) is 41.7. The number of hydrogen-bond donors (Lipinski definition) is 0. The van der Waals surface area contributed by atoms with Gasteiger partial charge in [-0.1, -0.05) is 205 Å². The molecular weight excluding hydrogens is 797 g/mol. The van der Waals surface area contributed by atoms with Gasteiger partial charge in [0.15, 0.2) is 29.4 Å². The topological polar surface area (TPSA) is 0 Å². The van der Waals surface area contributed by atoms with Crippen molar-refractivity contribution in [1.29, 1.82) is 0 Å². The Morgan fingerprint density at radius 1 is 0.190 bits per heavy atom. The second-order valence-corrected chi connectivity index (χ2v) is 27.3. The highest BCUT2D eigenvalue weighted by Gasteiger charge is 2.32. The van der Waals surface area contributed by atoms with Crippen molar-refractivity contribution in [3.63, 3.8) is 0 Å². The van der Waals surface area contributed by atoms with Crippen LogP contribution in [-0.4, -0.2) is 0 Å². The molecule has 0 heterocycles. The van der Waals surface area contributed by atoms with Gasteiger partial charge in [0.2, 0.25) is 0 Å². The quantitative estimate of drug-likeness (QED) is 0.146. The second kappa shape index (κ2) is 19.6. The summed E-state index contributed by atoms with van der Waals surface area (Å²) in [5.41, 5.74) is 9.28. The predicted molar refractivity (Wildman–Crippen MR) is 282 cm³/mol. The summed E-state index contributed by atoms with van der Waals surface area (Å²) in [5, 5.41) is 0. The van der Waals surface area contributed by atoms with Crippen molar-refractivity contribution >= 4 is 21.8 Å². The predicted octanol–water partition coefficient (Wildman–Crippen LogP) is 18.0. The molecule has 63 heavy (non-hydrogen) atoms. The van der Waals surface area contributed by atoms with Crippen molar-refractivity contribution in [1.82, 2.24) is 0 Å². The molecule has 2 heteroatoms. The van der Waals surface area contributed by atoms with Crippen LogP contribution in [0.1, 0.15) is 165 Å². The van der Waals surface area contributed by atoms with Crippen molar-refractivity contribution in [2.75, 3.05) is 0 Å². The highest BCUT2D eigenvalue weighted by molar-refractivity contribution is 7.97. The van der Waals surface area contributed by atoms with Crippen molar-refractivity contribution in [2.24, 2.45) is 0 Å². The lowest BCUT2D eigenvalue weighted by Crippen LogP contribution is -2.13. The largest absolute Gasteiger partial charge is 0.166 e. The van der Waals surface area contributed by atoms with Gasteiger partial charge >= 0.3 is 0 Å². The Morgan fingerprint density at radius 2 is 0.286 bits per heavy atom. The molecule has 0 nitrogen and oxygen atoms in total. The van der Waals surface area contributed by atoms with Crippen LogP contribution in [0.15, 0.2) is 175 Å². The number of rotatable bonds is 6. The van der Waals surface area contributed by atoms with Gasteiger partial charge in [-0.3, -0.25) is 0 Å². The van der Waals surface area contributed by atoms with Crippen LogP contribution < -0.4 is 0 Å². The van der Waals surface area contributed by atoms with E-state index in [1.807, 2.05) is 0 Å². The molecule has 0 aromatic heterocycles. The molecule has 0 radical (unpaired) electrons. The minimum Gasteiger partial charge on any atom is -0.0776 e. The monoisotopic (exact) mass is 879 g/mol. The molecule has 0 amide bonds. The average Bonchev–Trinajstić information content (AvgIpc) is 3.18. The SMILES string of the molecule is C.CC(C)(C)c1ccc([S+](c2ccc(C(C)(C)C)cc2)c2ccc(C(C)(C)C)cc2)cc1.CC(C)(C)c1ccc([S+](c2ccc(C(C)(C)C)cc2)c2ccc(C(C)(C)C)cc2)cc1. The average molecular weight is 879 g/mol. The smallest absolute Gasteiger partial charge is 0.0776 e. The van der Waals surface area contributed by atoms with E-state index < -0.39 is 0 Å². The molecular formula is C61H82S2+2. The fourth-order valence-corrected chi connectivity index (χ4v) is 11.4. The lowest BCUT2D eigenvalue weighted by molar-refractivity contribution is 0.589. The van der Waals surface area contributed by atoms with Crippen molar-refractivity contribution in [3.8, 4) is 0 Å². The summed E-state index contributed by atoms with van der Waals surface area (Å²) in [6.07, 6.45) is 0. The molecule has 336 valence electrons. The third-order valence-corrected chi connectivity index (χ3v) is 16.2. The van der Waals surface area contributed by atoms with Gasteiger partial charge in [-0.2, -0.15) is 0 Å². The first kappa shape index (κ1) is 51.7. The molecule has 0 saturated carbocycles. The summed E-state index contributed by atoms with van der Waals surface area (Å²) in [5.74, 6) is 0. The maximum atomic E-state index is 2.33. The number of hydrogen-bond acceptors (Lipinski definition) is 0. The van der Waals surface area contributed by atoms with Crippen LogP contribution in [0.4, 0.5) is 0 Å². The summed E-state index contributed by atoms with van der Waals surface area (Å²) in [6.45, 7) is 41.0. The highest BCUT2D eigenvalue weighted by Crippen LogP contribution is 2.37. The van der Waals surface area contributed by atoms with Crippen molar-refractivity contribution < 1.29 is 0 Å². The first-order chi connectivity index (χ1) is 28.5. The van der Waals surface area contributed by atoms with Gasteiger partial charge in [0.1, 0.15) is 0 Å². The van der Waals surface area contributed by atoms with Crippen LogP contribution in [0.25, 0.3) is 0 Å². The summed E-state index contributed by atoms with van der Waals surface area (Å²) >= 11 is 0. The van der Waals surface area contributed by atoms with Crippen LogP contribution in [0.2, 0.25) is 0 Å². The Labute approximate surface area is 392 Å². The van der Waals surface area contributed by atoms with Gasteiger partial charge in [-0.25, -0.2) is 0 Å². The molecule has 0 spiro atoms. The van der Waals surface area contributed by atoms with E-state index in [9.17, 15) is 0 Å². The van der Waals surface area contributed by atoms with Gasteiger partial charge < -0.3 is 0 Å². The normalized spacial score (nSPS) is 12.8. The first-order valence-corrected chi connectivity index (χ1v) is 25.1. The van der Waals surface area contributed by atoms with E-state index in [0.717, 1.165) is 0 Å². The summed E-state index contributed by atoms with van der Waals surface area (Å²) in [4.78, 5) is 8.25. The Balaban J connectivity index is 0.000000272. The van der Waals surface area contributed by atoms with Crippen LogP contribution in [0, 0.1) is 0 Å². The van der Waals surface area contributed by atoms with Crippen LogP contribution in [-0.2, 0) is 54.3 Å². The highest BCUT2D eigenvalue weighted by atomic mass is 32.2. The molecule has 0 aliphatic carbocycles. The maximum absolute atomic E-state index is 2.33. The van der Waals surface area contributed by atoms with Gasteiger partial charge in [0.25, 0.3) is 0 Å². The molecule has 0 atom stereocenters. The van der Waals surface area contributed by atoms with E-state index in [0.29, 0.717) is 0 Å². The Hall–Kier alpha value is -3.98. The van der Waals surface area contributed by atoms with E-state index >= 15 is 0 Å². The Morgan fingerprint density at radius 3 is 0.365 bits per heavy atom. The minimum atomic E-state index is -0.120. The summed E-state index contributed by atoms with van der Waals surface area (Å²) < 4.78 is 0. The molecule has 0 unspecified atom stereocenters. The van der Waals surface area contributed by atoms with Gasteiger partial charge in [-0.15, -0.1) is 0 Å². The molecule has 0 aliphatic heterocycles. The zero-order valence-corrected chi connectivity index (χ0v) is 43.3. The van der Waals surface area contributed by atoms with E-state index in [4.69, 9.17) is 0 Å². The van der Waals surface area contributed by atoms with Gasteiger partial charge in [0.05, 0.1) is 21.8 Å². The van der Waals surface area contributed by atoms with E-state index in [-0.39, 0.29) is 61.7 Å². The lowest BCUT2D eigenvalue weighted by Gasteiger charge is -2.21. The minimum absolute atomic E-state index is 0. The third-order valence-electron chi connectivity index (χ3n) is 11.7. The molecule has 6 rings (SSSR count). The maximum Gasteiger partial charge on any atom is 0.166 e. The van der Waals surface area contributed by atoms with Crippen molar-refractivity contribution in [2.45, 2.75) is 194 Å². The second-order valence-electron chi connectivity index (χ2n) is 23.3. The molecule has 0 saturated heterocycles. The van der Waals surface area contributed by atoms with Gasteiger partial charge in [-0.05, 0) is 139 Å². The van der Waals surface area contributed by atoms with Crippen LogP contribution >= 0.6 is 0 Å². The van der Waals surface area contributed by atoms with Gasteiger partial charge in [0, 0.05) is 0 Å². The fraction of sp³-hybridized carbons (Fsp3) is 0.410. The van der Waals surface area contributed by atoms with Crippen LogP contribution in [0.3, 0.4) is 0 Å². The zero-order chi connectivity index (χ0) is 46.1. The standard InChI is InChI=1S/2C30H39S.CH4/c2*1-28(2,3)22-10-16-25(17-11-22)31(26-18-12-23(13-19-26)29(4,5)6)27-20-14-24(15-21-27)30(7,8)9;/h2*10-21H,1-9H3;1H4/q2*+1;. The van der Waals surface area contributed by atoms with E-state index in [1.54, 1.807) is 0 Å². The Bertz CT molecular complexity index is 1870. The van der Waals surface area contributed by atoms with E-state index in [2.05, 4.69) is 270 Å².